The van der Waals surface area contributed by atoms with E-state index in [0.717, 1.165) is 17.6 Å². The van der Waals surface area contributed by atoms with Crippen LogP contribution < -0.4 is 0 Å². The molecule has 0 saturated heterocycles. The first-order valence-corrected chi connectivity index (χ1v) is 4.26. The van der Waals surface area contributed by atoms with Gasteiger partial charge in [-0.3, -0.25) is 4.79 Å². The van der Waals surface area contributed by atoms with Crippen molar-refractivity contribution < 1.29 is 9.18 Å². The number of benzene rings is 1. The summed E-state index contributed by atoms with van der Waals surface area (Å²) in [5.74, 6) is -0.110. The van der Waals surface area contributed by atoms with E-state index in [9.17, 15) is 9.18 Å². The Morgan fingerprint density at radius 1 is 1.15 bits per heavy atom. The van der Waals surface area contributed by atoms with Gasteiger partial charge >= 0.3 is 0 Å². The highest BCUT2D eigenvalue weighted by Gasteiger charge is 2.16. The van der Waals surface area contributed by atoms with Gasteiger partial charge in [-0.1, -0.05) is 18.2 Å². The smallest absolute Gasteiger partial charge is 0.163 e. The van der Waals surface area contributed by atoms with Gasteiger partial charge in [-0.15, -0.1) is 0 Å². The van der Waals surface area contributed by atoms with E-state index in [1.54, 1.807) is 12.1 Å². The molecule has 0 heterocycles. The average Bonchev–Trinajstić information content (AvgIpc) is 2.53. The Labute approximate surface area is 75.9 Å². The van der Waals surface area contributed by atoms with Crippen LogP contribution in [0.25, 0.3) is 5.57 Å². The molecular weight excluding hydrogens is 167 g/mol. The van der Waals surface area contributed by atoms with E-state index in [1.165, 1.54) is 12.1 Å². The van der Waals surface area contributed by atoms with Gasteiger partial charge in [-0.25, -0.2) is 4.39 Å². The van der Waals surface area contributed by atoms with E-state index >= 15 is 0 Å². The second-order valence-corrected chi connectivity index (χ2v) is 3.09. The Morgan fingerprint density at radius 3 is 2.38 bits per heavy atom. The number of hydrogen-bond donors (Lipinski definition) is 0. The van der Waals surface area contributed by atoms with Gasteiger partial charge in [0.2, 0.25) is 0 Å². The van der Waals surface area contributed by atoms with Crippen LogP contribution in [-0.4, -0.2) is 5.78 Å². The fourth-order valence-corrected chi connectivity index (χ4v) is 1.50. The van der Waals surface area contributed by atoms with Crippen LogP contribution in [0.1, 0.15) is 18.4 Å². The minimum Gasteiger partial charge on any atom is -0.294 e. The number of Topliss-reactive ketones (excluding diaryl/α,β-unsaturated/α-hetero) is 1. The lowest BCUT2D eigenvalue weighted by atomic mass is 10.1. The Balaban J connectivity index is 2.36. The van der Waals surface area contributed by atoms with Gasteiger partial charge in [0.25, 0.3) is 0 Å². The molecule has 0 aromatic heterocycles. The molecule has 0 spiro atoms. The maximum Gasteiger partial charge on any atom is 0.163 e. The summed E-state index contributed by atoms with van der Waals surface area (Å²) in [5.41, 5.74) is 1.56. The molecule has 2 heteroatoms. The first kappa shape index (κ1) is 8.17. The number of rotatable bonds is 1. The zero-order chi connectivity index (χ0) is 9.26. The van der Waals surface area contributed by atoms with Crippen molar-refractivity contribution in [3.05, 3.63) is 41.7 Å². The van der Waals surface area contributed by atoms with Crippen LogP contribution in [0.4, 0.5) is 4.39 Å². The van der Waals surface area contributed by atoms with E-state index < -0.39 is 0 Å². The average molecular weight is 176 g/mol. The molecule has 1 nitrogen and oxygen atoms in total. The van der Waals surface area contributed by atoms with Crippen molar-refractivity contribution in [2.45, 2.75) is 12.8 Å². The molecule has 0 N–H and O–H groups in total. The highest BCUT2D eigenvalue weighted by molar-refractivity contribution is 6.22. The highest BCUT2D eigenvalue weighted by atomic mass is 19.1. The van der Waals surface area contributed by atoms with Crippen LogP contribution in [0.15, 0.2) is 30.3 Å². The second-order valence-electron chi connectivity index (χ2n) is 3.09. The molecular formula is C11H9FO. The summed E-state index contributed by atoms with van der Waals surface area (Å²) in [5, 5.41) is 0. The van der Waals surface area contributed by atoms with Crippen LogP contribution in [0.5, 0.6) is 0 Å². The summed E-state index contributed by atoms with van der Waals surface area (Å²) in [7, 11) is 0. The molecule has 0 saturated carbocycles. The summed E-state index contributed by atoms with van der Waals surface area (Å²) < 4.78 is 12.6. The number of allylic oxidation sites excluding steroid dienone is 2. The highest BCUT2D eigenvalue weighted by Crippen LogP contribution is 2.24. The van der Waals surface area contributed by atoms with Crippen LogP contribution in [0.2, 0.25) is 0 Å². The summed E-state index contributed by atoms with van der Waals surface area (Å²) in [4.78, 5) is 11.3. The normalized spacial score (nSPS) is 16.1. The molecule has 0 radical (unpaired) electrons. The Bertz CT molecular complexity index is 362. The second kappa shape index (κ2) is 3.13. The van der Waals surface area contributed by atoms with E-state index in [-0.39, 0.29) is 11.6 Å². The maximum absolute atomic E-state index is 12.6. The van der Waals surface area contributed by atoms with Crippen molar-refractivity contribution >= 4 is 11.4 Å². The predicted molar refractivity (Wildman–Crippen MR) is 48.6 cm³/mol. The van der Waals surface area contributed by atoms with E-state index in [1.807, 2.05) is 6.08 Å². The predicted octanol–water partition coefficient (Wildman–Crippen LogP) is 2.57. The van der Waals surface area contributed by atoms with Crippen LogP contribution >= 0.6 is 0 Å². The Morgan fingerprint density at radius 2 is 1.85 bits per heavy atom. The van der Waals surface area contributed by atoms with E-state index in [2.05, 4.69) is 0 Å². The van der Waals surface area contributed by atoms with Crippen LogP contribution in [0, 0.1) is 5.82 Å². The molecule has 0 bridgehead atoms. The van der Waals surface area contributed by atoms with Crippen molar-refractivity contribution in [3.63, 3.8) is 0 Å². The molecule has 0 unspecified atom stereocenters. The molecule has 0 atom stereocenters. The third-order valence-electron chi connectivity index (χ3n) is 2.18. The molecule has 2 rings (SSSR count). The quantitative estimate of drug-likeness (QED) is 0.642. The molecule has 1 aliphatic carbocycles. The van der Waals surface area contributed by atoms with Gasteiger partial charge < -0.3 is 0 Å². The standard InChI is InChI=1S/C11H9FO/c12-9-6-4-8(5-7-9)10-2-1-3-11(10)13/h2,4-7H,1,3H2. The van der Waals surface area contributed by atoms with Crippen molar-refractivity contribution in [1.82, 2.24) is 0 Å². The van der Waals surface area contributed by atoms with Gasteiger partial charge in [0.05, 0.1) is 0 Å². The van der Waals surface area contributed by atoms with Gasteiger partial charge in [0.15, 0.2) is 5.78 Å². The fraction of sp³-hybridized carbons (Fsp3) is 0.182. The molecule has 0 fully saturated rings. The van der Waals surface area contributed by atoms with Gasteiger partial charge in [-0.2, -0.15) is 0 Å². The van der Waals surface area contributed by atoms with Crippen molar-refractivity contribution in [2.75, 3.05) is 0 Å². The SMILES string of the molecule is O=C1CCC=C1c1ccc(F)cc1. The summed E-state index contributed by atoms with van der Waals surface area (Å²) in [6.45, 7) is 0. The number of carbonyl (C=O) groups is 1. The zero-order valence-electron chi connectivity index (χ0n) is 7.09. The third-order valence-corrected chi connectivity index (χ3v) is 2.18. The summed E-state index contributed by atoms with van der Waals surface area (Å²) >= 11 is 0. The molecule has 1 aromatic rings. The molecule has 13 heavy (non-hydrogen) atoms. The monoisotopic (exact) mass is 176 g/mol. The molecule has 0 aliphatic heterocycles. The van der Waals surface area contributed by atoms with Crippen molar-refractivity contribution in [1.29, 1.82) is 0 Å². The number of carbonyl (C=O) groups excluding carboxylic acids is 1. The minimum atomic E-state index is -0.269. The van der Waals surface area contributed by atoms with Crippen molar-refractivity contribution in [3.8, 4) is 0 Å². The van der Waals surface area contributed by atoms with Crippen LogP contribution in [0.3, 0.4) is 0 Å². The lowest BCUT2D eigenvalue weighted by molar-refractivity contribution is -0.113. The zero-order valence-corrected chi connectivity index (χ0v) is 7.09. The summed E-state index contributed by atoms with van der Waals surface area (Å²) in [6.07, 6.45) is 3.31. The first-order chi connectivity index (χ1) is 6.27. The Hall–Kier alpha value is -1.44. The molecule has 1 aliphatic rings. The fourth-order valence-electron chi connectivity index (χ4n) is 1.50. The minimum absolute atomic E-state index is 0.159. The molecule has 66 valence electrons. The third kappa shape index (κ3) is 1.52. The van der Waals surface area contributed by atoms with E-state index in [0.29, 0.717) is 6.42 Å². The maximum atomic E-state index is 12.6. The number of hydrogen-bond acceptors (Lipinski definition) is 1. The molecule has 0 amide bonds. The van der Waals surface area contributed by atoms with Gasteiger partial charge in [-0.05, 0) is 24.1 Å². The number of ketones is 1. The molecule has 1 aromatic carbocycles. The van der Waals surface area contributed by atoms with Gasteiger partial charge in [0, 0.05) is 12.0 Å². The van der Waals surface area contributed by atoms with E-state index in [4.69, 9.17) is 0 Å². The van der Waals surface area contributed by atoms with Crippen molar-refractivity contribution in [2.24, 2.45) is 0 Å². The topological polar surface area (TPSA) is 17.1 Å². The Kier molecular flexibility index (Phi) is 1.97. The first-order valence-electron chi connectivity index (χ1n) is 4.26. The number of halogens is 1. The lowest BCUT2D eigenvalue weighted by Crippen LogP contribution is -1.94. The lowest BCUT2D eigenvalue weighted by Gasteiger charge is -1.99. The van der Waals surface area contributed by atoms with Crippen LogP contribution in [-0.2, 0) is 4.79 Å². The van der Waals surface area contributed by atoms with Gasteiger partial charge in [0.1, 0.15) is 5.82 Å². The summed E-state index contributed by atoms with van der Waals surface area (Å²) in [6, 6.07) is 6.04. The largest absolute Gasteiger partial charge is 0.294 e.